The Hall–Kier alpha value is -1.87. The zero-order valence-corrected chi connectivity index (χ0v) is 12.0. The highest BCUT2D eigenvalue weighted by atomic mass is 19.1. The van der Waals surface area contributed by atoms with E-state index in [-0.39, 0.29) is 5.82 Å². The van der Waals surface area contributed by atoms with Gasteiger partial charge < -0.3 is 10.4 Å². The molecule has 2 aromatic rings. The Morgan fingerprint density at radius 2 is 1.86 bits per heavy atom. The summed E-state index contributed by atoms with van der Waals surface area (Å²) in [6.07, 6.45) is 3.82. The maximum atomic E-state index is 13.7. The van der Waals surface area contributed by atoms with E-state index < -0.39 is 6.10 Å². The first kappa shape index (κ1) is 14.1. The molecule has 1 aliphatic rings. The highest BCUT2D eigenvalue weighted by Gasteiger charge is 2.15. The predicted octanol–water partition coefficient (Wildman–Crippen LogP) is 3.85. The molecule has 0 heterocycles. The second-order valence-electron chi connectivity index (χ2n) is 5.57. The SMILES string of the molecule is OC(CNc1cccc2c1CCCC2)c1ccccc1F. The monoisotopic (exact) mass is 285 g/mol. The predicted molar refractivity (Wildman–Crippen MR) is 82.9 cm³/mol. The summed E-state index contributed by atoms with van der Waals surface area (Å²) in [5.74, 6) is -0.359. The smallest absolute Gasteiger partial charge is 0.129 e. The van der Waals surface area contributed by atoms with Gasteiger partial charge in [0.2, 0.25) is 0 Å². The van der Waals surface area contributed by atoms with Gasteiger partial charge in [0.1, 0.15) is 5.82 Å². The average Bonchev–Trinajstić information content (AvgIpc) is 2.53. The minimum Gasteiger partial charge on any atom is -0.386 e. The fraction of sp³-hybridized carbons (Fsp3) is 0.333. The maximum absolute atomic E-state index is 13.7. The minimum absolute atomic E-state index is 0.317. The van der Waals surface area contributed by atoms with Crippen LogP contribution in [0.15, 0.2) is 42.5 Å². The quantitative estimate of drug-likeness (QED) is 0.894. The Labute approximate surface area is 124 Å². The zero-order valence-electron chi connectivity index (χ0n) is 12.0. The molecule has 0 bridgehead atoms. The van der Waals surface area contributed by atoms with Gasteiger partial charge in [-0.25, -0.2) is 4.39 Å². The molecule has 0 aliphatic heterocycles. The minimum atomic E-state index is -0.842. The van der Waals surface area contributed by atoms with Crippen molar-refractivity contribution in [3.63, 3.8) is 0 Å². The highest BCUT2D eigenvalue weighted by Crippen LogP contribution is 2.28. The van der Waals surface area contributed by atoms with E-state index in [0.29, 0.717) is 12.1 Å². The van der Waals surface area contributed by atoms with Crippen LogP contribution in [0, 0.1) is 5.82 Å². The van der Waals surface area contributed by atoms with Crippen LogP contribution in [0.1, 0.15) is 35.6 Å². The second-order valence-corrected chi connectivity index (χ2v) is 5.57. The molecule has 1 unspecified atom stereocenters. The van der Waals surface area contributed by atoms with Crippen LogP contribution in [0.25, 0.3) is 0 Å². The Balaban J connectivity index is 1.72. The lowest BCUT2D eigenvalue weighted by atomic mass is 9.90. The lowest BCUT2D eigenvalue weighted by Gasteiger charge is -2.21. The molecule has 0 aromatic heterocycles. The topological polar surface area (TPSA) is 32.3 Å². The van der Waals surface area contributed by atoms with Crippen LogP contribution in [0.4, 0.5) is 10.1 Å². The van der Waals surface area contributed by atoms with Crippen molar-refractivity contribution >= 4 is 5.69 Å². The fourth-order valence-corrected chi connectivity index (χ4v) is 3.01. The molecule has 21 heavy (non-hydrogen) atoms. The van der Waals surface area contributed by atoms with E-state index in [4.69, 9.17) is 0 Å². The number of halogens is 1. The van der Waals surface area contributed by atoms with Gasteiger partial charge in [-0.05, 0) is 48.9 Å². The van der Waals surface area contributed by atoms with Crippen molar-refractivity contribution < 1.29 is 9.50 Å². The Morgan fingerprint density at radius 1 is 1.05 bits per heavy atom. The molecular formula is C18H20FNO. The fourth-order valence-electron chi connectivity index (χ4n) is 3.01. The van der Waals surface area contributed by atoms with Crippen molar-refractivity contribution in [3.8, 4) is 0 Å². The molecule has 1 atom stereocenters. The average molecular weight is 285 g/mol. The largest absolute Gasteiger partial charge is 0.386 e. The Kier molecular flexibility index (Phi) is 4.20. The summed E-state index contributed by atoms with van der Waals surface area (Å²) in [5.41, 5.74) is 4.16. The molecule has 2 N–H and O–H groups in total. The van der Waals surface area contributed by atoms with E-state index in [2.05, 4.69) is 11.4 Å². The van der Waals surface area contributed by atoms with Gasteiger partial charge >= 0.3 is 0 Å². The number of aryl methyl sites for hydroxylation is 1. The third kappa shape index (κ3) is 3.08. The highest BCUT2D eigenvalue weighted by molar-refractivity contribution is 5.55. The van der Waals surface area contributed by atoms with Gasteiger partial charge in [0.05, 0.1) is 6.10 Å². The first-order valence-corrected chi connectivity index (χ1v) is 7.53. The third-order valence-corrected chi connectivity index (χ3v) is 4.15. The van der Waals surface area contributed by atoms with Gasteiger partial charge in [-0.1, -0.05) is 30.3 Å². The number of nitrogens with one attached hydrogen (secondary N) is 1. The summed E-state index contributed by atoms with van der Waals surface area (Å²) in [6, 6.07) is 12.6. The van der Waals surface area contributed by atoms with Gasteiger partial charge in [-0.15, -0.1) is 0 Å². The lowest BCUT2D eigenvalue weighted by Crippen LogP contribution is -2.15. The van der Waals surface area contributed by atoms with E-state index in [1.165, 1.54) is 30.0 Å². The number of anilines is 1. The van der Waals surface area contributed by atoms with Crippen molar-refractivity contribution in [2.45, 2.75) is 31.8 Å². The van der Waals surface area contributed by atoms with Gasteiger partial charge in [0, 0.05) is 17.8 Å². The molecule has 3 heteroatoms. The van der Waals surface area contributed by atoms with Crippen LogP contribution in [-0.2, 0) is 12.8 Å². The summed E-state index contributed by atoms with van der Waals surface area (Å²) < 4.78 is 13.7. The van der Waals surface area contributed by atoms with Crippen LogP contribution in [0.2, 0.25) is 0 Å². The van der Waals surface area contributed by atoms with Crippen molar-refractivity contribution in [2.24, 2.45) is 0 Å². The number of aliphatic hydroxyl groups excluding tert-OH is 1. The number of fused-ring (bicyclic) bond motifs is 1. The van der Waals surface area contributed by atoms with Gasteiger partial charge in [-0.2, -0.15) is 0 Å². The molecule has 2 aromatic carbocycles. The molecule has 3 rings (SSSR count). The Morgan fingerprint density at radius 3 is 2.71 bits per heavy atom. The Bertz CT molecular complexity index is 626. The van der Waals surface area contributed by atoms with Crippen molar-refractivity contribution in [1.82, 2.24) is 0 Å². The molecule has 1 aliphatic carbocycles. The maximum Gasteiger partial charge on any atom is 0.129 e. The van der Waals surface area contributed by atoms with E-state index >= 15 is 0 Å². The van der Waals surface area contributed by atoms with Gasteiger partial charge in [0.15, 0.2) is 0 Å². The van der Waals surface area contributed by atoms with Crippen LogP contribution in [-0.4, -0.2) is 11.7 Å². The molecule has 0 saturated heterocycles. The van der Waals surface area contributed by atoms with E-state index in [1.54, 1.807) is 18.2 Å². The number of rotatable bonds is 4. The number of aliphatic hydroxyl groups is 1. The summed E-state index contributed by atoms with van der Waals surface area (Å²) in [7, 11) is 0. The molecule has 0 fully saturated rings. The van der Waals surface area contributed by atoms with Crippen LogP contribution in [0.3, 0.4) is 0 Å². The van der Waals surface area contributed by atoms with Gasteiger partial charge in [0.25, 0.3) is 0 Å². The van der Waals surface area contributed by atoms with Crippen molar-refractivity contribution in [2.75, 3.05) is 11.9 Å². The third-order valence-electron chi connectivity index (χ3n) is 4.15. The van der Waals surface area contributed by atoms with Crippen molar-refractivity contribution in [3.05, 3.63) is 65.0 Å². The summed E-state index contributed by atoms with van der Waals surface area (Å²) in [5, 5.41) is 13.4. The molecule has 0 radical (unpaired) electrons. The molecule has 2 nitrogen and oxygen atoms in total. The standard InChI is InChI=1S/C18H20FNO/c19-16-10-4-3-9-15(16)18(21)12-20-17-11-5-7-13-6-1-2-8-14(13)17/h3-5,7,9-11,18,20-21H,1-2,6,8,12H2. The first-order valence-electron chi connectivity index (χ1n) is 7.53. The van der Waals surface area contributed by atoms with E-state index in [0.717, 1.165) is 18.5 Å². The summed E-state index contributed by atoms with van der Waals surface area (Å²) >= 11 is 0. The lowest BCUT2D eigenvalue weighted by molar-refractivity contribution is 0.186. The van der Waals surface area contributed by atoms with Crippen LogP contribution >= 0.6 is 0 Å². The number of benzene rings is 2. The van der Waals surface area contributed by atoms with Crippen molar-refractivity contribution in [1.29, 1.82) is 0 Å². The molecule has 0 saturated carbocycles. The molecule has 110 valence electrons. The van der Waals surface area contributed by atoms with E-state index in [1.807, 2.05) is 12.1 Å². The molecule has 0 spiro atoms. The van der Waals surface area contributed by atoms with E-state index in [9.17, 15) is 9.50 Å². The molecule has 0 amide bonds. The first-order chi connectivity index (χ1) is 10.3. The van der Waals surface area contributed by atoms with Gasteiger partial charge in [-0.3, -0.25) is 0 Å². The normalized spacial score (nSPS) is 15.3. The number of hydrogen-bond donors (Lipinski definition) is 2. The summed E-state index contributed by atoms with van der Waals surface area (Å²) in [4.78, 5) is 0. The summed E-state index contributed by atoms with van der Waals surface area (Å²) in [6.45, 7) is 0.317. The number of hydrogen-bond acceptors (Lipinski definition) is 2. The van der Waals surface area contributed by atoms with Crippen LogP contribution in [0.5, 0.6) is 0 Å². The second kappa shape index (κ2) is 6.27. The molecular weight excluding hydrogens is 265 g/mol. The zero-order chi connectivity index (χ0) is 14.7. The van der Waals surface area contributed by atoms with Crippen LogP contribution < -0.4 is 5.32 Å².